The smallest absolute Gasteiger partial charge is 0.220 e. The number of rotatable bonds is 2. The van der Waals surface area contributed by atoms with Gasteiger partial charge in [0, 0.05) is 10.8 Å². The van der Waals surface area contributed by atoms with Crippen LogP contribution < -0.4 is 0 Å². The third-order valence-corrected chi connectivity index (χ3v) is 7.14. The normalized spacial score (nSPS) is 12.0. The van der Waals surface area contributed by atoms with Crippen LogP contribution in [0.1, 0.15) is 5.56 Å². The lowest BCUT2D eigenvalue weighted by Gasteiger charge is -2.11. The molecule has 0 aliphatic rings. The van der Waals surface area contributed by atoms with Gasteiger partial charge in [0.1, 0.15) is 11.2 Å². The number of imidazole rings is 2. The number of para-hydroxylation sites is 5. The average molecular weight is 464 g/mol. The third kappa shape index (κ3) is 2.67. The van der Waals surface area contributed by atoms with Gasteiger partial charge in [-0.3, -0.25) is 8.97 Å². The number of nitrogens with zero attached hydrogens (tertiary/aromatic N) is 3. The van der Waals surface area contributed by atoms with E-state index >= 15 is 0 Å². The number of benzene rings is 5. The quantitative estimate of drug-likeness (QED) is 0.258. The van der Waals surface area contributed by atoms with Crippen LogP contribution in [0, 0.1) is 6.92 Å². The fourth-order valence-corrected chi connectivity index (χ4v) is 5.57. The molecule has 3 aromatic heterocycles. The molecule has 4 nitrogen and oxygen atoms in total. The van der Waals surface area contributed by atoms with Gasteiger partial charge in [0.15, 0.2) is 0 Å². The van der Waals surface area contributed by atoms with Crippen LogP contribution in [0.25, 0.3) is 66.6 Å². The van der Waals surface area contributed by atoms with Crippen molar-refractivity contribution in [2.24, 2.45) is 0 Å². The molecule has 8 rings (SSSR count). The van der Waals surface area contributed by atoms with Gasteiger partial charge >= 0.3 is 0 Å². The lowest BCUT2D eigenvalue weighted by atomic mass is 10.00. The molecule has 4 heteroatoms. The lowest BCUT2D eigenvalue weighted by molar-refractivity contribution is 0.669. The summed E-state index contributed by atoms with van der Waals surface area (Å²) in [6, 6.07) is 38.3. The van der Waals surface area contributed by atoms with Gasteiger partial charge < -0.3 is 4.42 Å². The second-order valence-electron chi connectivity index (χ2n) is 9.43. The average Bonchev–Trinajstić information content (AvgIpc) is 3.56. The predicted molar refractivity (Wildman–Crippen MR) is 147 cm³/mol. The van der Waals surface area contributed by atoms with E-state index < -0.39 is 0 Å². The Bertz CT molecular complexity index is 2120. The summed E-state index contributed by atoms with van der Waals surface area (Å²) in [6.07, 6.45) is 0. The van der Waals surface area contributed by atoms with E-state index in [1.807, 2.05) is 18.2 Å². The van der Waals surface area contributed by atoms with Crippen LogP contribution in [0.5, 0.6) is 0 Å². The molecule has 0 aliphatic heterocycles. The summed E-state index contributed by atoms with van der Waals surface area (Å²) in [6.45, 7) is 2.16. The summed E-state index contributed by atoms with van der Waals surface area (Å²) in [5.74, 6) is 0.922. The highest BCUT2D eigenvalue weighted by atomic mass is 16.3. The number of hydrogen-bond acceptors (Lipinski definition) is 2. The zero-order chi connectivity index (χ0) is 23.8. The molecule has 170 valence electrons. The van der Waals surface area contributed by atoms with Crippen molar-refractivity contribution in [3.8, 4) is 16.8 Å². The SMILES string of the molecule is Cc1cc(-c2ccc3oc4ccccc4c3c2)cc(-n2c3ccccc3n3c4ccccc4nc23)c1. The standard InChI is InChI=1S/C32H21N3O/c1-20-16-22(21-14-15-31-25(19-21)24-8-2-7-13-30(24)36-31)18-23(17-20)34-28-11-5-6-12-29(28)35-27-10-4-3-9-26(27)33-32(34)35/h2-19H,1H3. The van der Waals surface area contributed by atoms with Crippen molar-refractivity contribution < 1.29 is 4.42 Å². The summed E-state index contributed by atoms with van der Waals surface area (Å²) in [5, 5.41) is 2.28. The van der Waals surface area contributed by atoms with Crippen LogP contribution >= 0.6 is 0 Å². The second-order valence-corrected chi connectivity index (χ2v) is 9.43. The summed E-state index contributed by atoms with van der Waals surface area (Å²) in [7, 11) is 0. The third-order valence-electron chi connectivity index (χ3n) is 7.14. The van der Waals surface area contributed by atoms with Gasteiger partial charge in [-0.2, -0.15) is 0 Å². The molecule has 0 amide bonds. The Hall–Kier alpha value is -4.83. The summed E-state index contributed by atoms with van der Waals surface area (Å²) in [4.78, 5) is 5.04. The van der Waals surface area contributed by atoms with Crippen molar-refractivity contribution in [2.75, 3.05) is 0 Å². The van der Waals surface area contributed by atoms with E-state index in [-0.39, 0.29) is 0 Å². The van der Waals surface area contributed by atoms with Crippen molar-refractivity contribution in [3.63, 3.8) is 0 Å². The highest BCUT2D eigenvalue weighted by Gasteiger charge is 2.17. The van der Waals surface area contributed by atoms with E-state index in [1.165, 1.54) is 16.7 Å². The largest absolute Gasteiger partial charge is 0.456 e. The summed E-state index contributed by atoms with van der Waals surface area (Å²) >= 11 is 0. The van der Waals surface area contributed by atoms with Crippen molar-refractivity contribution in [3.05, 3.63) is 115 Å². The number of hydrogen-bond donors (Lipinski definition) is 0. The van der Waals surface area contributed by atoms with Crippen molar-refractivity contribution in [2.45, 2.75) is 6.92 Å². The topological polar surface area (TPSA) is 35.4 Å². The first-order chi connectivity index (χ1) is 17.7. The van der Waals surface area contributed by atoms with Crippen molar-refractivity contribution in [1.82, 2.24) is 14.0 Å². The highest BCUT2D eigenvalue weighted by Crippen LogP contribution is 2.35. The molecule has 3 heterocycles. The van der Waals surface area contributed by atoms with Gasteiger partial charge in [0.05, 0.1) is 27.8 Å². The summed E-state index contributed by atoms with van der Waals surface area (Å²) < 4.78 is 10.6. The Morgan fingerprint density at radius 1 is 0.611 bits per heavy atom. The molecule has 36 heavy (non-hydrogen) atoms. The molecule has 0 atom stereocenters. The van der Waals surface area contributed by atoms with Gasteiger partial charge in [0.25, 0.3) is 0 Å². The number of aryl methyl sites for hydroxylation is 1. The first-order valence-electron chi connectivity index (χ1n) is 12.1. The Balaban J connectivity index is 1.40. The van der Waals surface area contributed by atoms with E-state index in [0.29, 0.717) is 0 Å². The minimum atomic E-state index is 0.912. The first kappa shape index (κ1) is 19.5. The molecule has 5 aromatic carbocycles. The fraction of sp³-hybridized carbons (Fsp3) is 0.0312. The maximum atomic E-state index is 6.06. The fourth-order valence-electron chi connectivity index (χ4n) is 5.57. The number of furan rings is 1. The number of aromatic nitrogens is 3. The molecular formula is C32H21N3O. The predicted octanol–water partition coefficient (Wildman–Crippen LogP) is 8.31. The first-order valence-corrected chi connectivity index (χ1v) is 12.1. The highest BCUT2D eigenvalue weighted by molar-refractivity contribution is 6.06. The van der Waals surface area contributed by atoms with Crippen LogP contribution in [0.2, 0.25) is 0 Å². The van der Waals surface area contributed by atoms with Crippen LogP contribution in [0.15, 0.2) is 114 Å². The Morgan fingerprint density at radius 2 is 1.36 bits per heavy atom. The maximum absolute atomic E-state index is 6.06. The van der Waals surface area contributed by atoms with Crippen LogP contribution in [-0.4, -0.2) is 14.0 Å². The van der Waals surface area contributed by atoms with Crippen LogP contribution in [-0.2, 0) is 0 Å². The molecule has 0 saturated carbocycles. The minimum absolute atomic E-state index is 0.912. The molecule has 8 aromatic rings. The zero-order valence-electron chi connectivity index (χ0n) is 19.6. The Labute approximate surface area is 206 Å². The van der Waals surface area contributed by atoms with Crippen molar-refractivity contribution >= 4 is 49.8 Å². The van der Waals surface area contributed by atoms with E-state index in [0.717, 1.165) is 55.5 Å². The van der Waals surface area contributed by atoms with Gasteiger partial charge in [-0.25, -0.2) is 4.98 Å². The Kier molecular flexibility index (Phi) is 3.84. The molecule has 0 bridgehead atoms. The second kappa shape index (κ2) is 7.09. The molecule has 0 aliphatic carbocycles. The molecule has 0 saturated heterocycles. The monoisotopic (exact) mass is 463 g/mol. The van der Waals surface area contributed by atoms with Crippen molar-refractivity contribution in [1.29, 1.82) is 0 Å². The molecule has 0 spiro atoms. The Morgan fingerprint density at radius 3 is 2.28 bits per heavy atom. The van der Waals surface area contributed by atoms with Crippen LogP contribution in [0.3, 0.4) is 0 Å². The molecular weight excluding hydrogens is 442 g/mol. The molecule has 0 N–H and O–H groups in total. The molecule has 0 unspecified atom stereocenters. The summed E-state index contributed by atoms with van der Waals surface area (Å²) in [5.41, 5.74) is 10.9. The molecule has 0 fully saturated rings. The number of fused-ring (bicyclic) bond motifs is 8. The minimum Gasteiger partial charge on any atom is -0.456 e. The van der Waals surface area contributed by atoms with Crippen LogP contribution in [0.4, 0.5) is 0 Å². The van der Waals surface area contributed by atoms with E-state index in [1.54, 1.807) is 0 Å². The van der Waals surface area contributed by atoms with Gasteiger partial charge in [-0.15, -0.1) is 0 Å². The van der Waals surface area contributed by atoms with E-state index in [2.05, 4.69) is 107 Å². The van der Waals surface area contributed by atoms with E-state index in [9.17, 15) is 0 Å². The lowest BCUT2D eigenvalue weighted by Crippen LogP contribution is -1.96. The van der Waals surface area contributed by atoms with Gasteiger partial charge in [-0.05, 0) is 78.2 Å². The van der Waals surface area contributed by atoms with E-state index in [4.69, 9.17) is 9.40 Å². The molecule has 0 radical (unpaired) electrons. The maximum Gasteiger partial charge on any atom is 0.220 e. The van der Waals surface area contributed by atoms with Gasteiger partial charge in [0.2, 0.25) is 5.78 Å². The van der Waals surface area contributed by atoms with Gasteiger partial charge in [-0.1, -0.05) is 54.6 Å². The zero-order valence-corrected chi connectivity index (χ0v) is 19.6.